The van der Waals surface area contributed by atoms with Gasteiger partial charge in [-0.3, -0.25) is 15.6 Å². The van der Waals surface area contributed by atoms with Crippen LogP contribution in [0.2, 0.25) is 0 Å². The number of carbonyl (C=O) groups is 1. The van der Waals surface area contributed by atoms with Crippen molar-refractivity contribution in [3.8, 4) is 11.5 Å². The van der Waals surface area contributed by atoms with Crippen molar-refractivity contribution in [2.45, 2.75) is 0 Å². The van der Waals surface area contributed by atoms with Crippen LogP contribution >= 0.6 is 0 Å². The van der Waals surface area contributed by atoms with Crippen LogP contribution in [0.25, 0.3) is 0 Å². The number of nitrogens with zero attached hydrogens (tertiary/aromatic N) is 1. The fraction of sp³-hybridized carbons (Fsp3) is 0.143. The number of pyridine rings is 1. The fourth-order valence-corrected chi connectivity index (χ4v) is 1.81. The number of benzene rings is 1. The highest BCUT2D eigenvalue weighted by Crippen LogP contribution is 2.30. The maximum absolute atomic E-state index is 12.2. The van der Waals surface area contributed by atoms with Gasteiger partial charge in [-0.1, -0.05) is 0 Å². The minimum atomic E-state index is -0.330. The summed E-state index contributed by atoms with van der Waals surface area (Å²) >= 11 is 0. The standard InChI is InChI=1S/C14H16N4O3/c1-20-12-4-3-9(7-13(12)21-2)17-14(19)10-8-16-6-5-11(10)18-15/h3-8H,15H2,1-2H3,(H,16,18)(H,17,19). The Hall–Kier alpha value is -2.80. The monoisotopic (exact) mass is 288 g/mol. The molecule has 0 aliphatic heterocycles. The second-order valence-corrected chi connectivity index (χ2v) is 4.09. The van der Waals surface area contributed by atoms with Crippen LogP contribution in [0.5, 0.6) is 11.5 Å². The number of hydrogen-bond donors (Lipinski definition) is 3. The molecule has 7 nitrogen and oxygen atoms in total. The van der Waals surface area contributed by atoms with Gasteiger partial charge < -0.3 is 20.2 Å². The third kappa shape index (κ3) is 3.21. The van der Waals surface area contributed by atoms with Gasteiger partial charge in [0, 0.05) is 24.1 Å². The molecule has 0 radical (unpaired) electrons. The average Bonchev–Trinajstić information content (AvgIpc) is 2.54. The molecule has 1 amide bonds. The third-order valence-corrected chi connectivity index (χ3v) is 2.86. The van der Waals surface area contributed by atoms with Crippen LogP contribution in [0.15, 0.2) is 36.7 Å². The summed E-state index contributed by atoms with van der Waals surface area (Å²) in [7, 11) is 3.08. The molecular weight excluding hydrogens is 272 g/mol. The van der Waals surface area contributed by atoms with E-state index in [1.807, 2.05) is 0 Å². The van der Waals surface area contributed by atoms with E-state index < -0.39 is 0 Å². The van der Waals surface area contributed by atoms with Gasteiger partial charge in [-0.2, -0.15) is 0 Å². The number of rotatable bonds is 5. The molecule has 4 N–H and O–H groups in total. The molecule has 7 heteroatoms. The molecule has 0 aliphatic rings. The average molecular weight is 288 g/mol. The van der Waals surface area contributed by atoms with Crippen molar-refractivity contribution in [3.63, 3.8) is 0 Å². The van der Waals surface area contributed by atoms with Gasteiger partial charge in [-0.15, -0.1) is 0 Å². The normalized spacial score (nSPS) is 9.86. The zero-order valence-electron chi connectivity index (χ0n) is 11.7. The van der Waals surface area contributed by atoms with E-state index in [2.05, 4.69) is 15.7 Å². The first-order chi connectivity index (χ1) is 10.2. The number of carbonyl (C=O) groups excluding carboxylic acids is 1. The number of hydrogen-bond acceptors (Lipinski definition) is 6. The van der Waals surface area contributed by atoms with Crippen molar-refractivity contribution in [1.29, 1.82) is 0 Å². The third-order valence-electron chi connectivity index (χ3n) is 2.86. The second kappa shape index (κ2) is 6.58. The lowest BCUT2D eigenvalue weighted by molar-refractivity contribution is 0.102. The first-order valence-electron chi connectivity index (χ1n) is 6.13. The molecular formula is C14H16N4O3. The van der Waals surface area contributed by atoms with Gasteiger partial charge in [-0.25, -0.2) is 0 Å². The predicted octanol–water partition coefficient (Wildman–Crippen LogP) is 1.64. The van der Waals surface area contributed by atoms with E-state index >= 15 is 0 Å². The zero-order valence-corrected chi connectivity index (χ0v) is 11.7. The molecule has 2 rings (SSSR count). The Morgan fingerprint density at radius 2 is 1.95 bits per heavy atom. The lowest BCUT2D eigenvalue weighted by Crippen LogP contribution is -2.17. The van der Waals surface area contributed by atoms with Gasteiger partial charge in [0.2, 0.25) is 0 Å². The van der Waals surface area contributed by atoms with Crippen molar-refractivity contribution < 1.29 is 14.3 Å². The van der Waals surface area contributed by atoms with Crippen LogP contribution in [0, 0.1) is 0 Å². The van der Waals surface area contributed by atoms with E-state index in [0.717, 1.165) is 0 Å². The number of anilines is 2. The Bertz CT molecular complexity index is 646. The predicted molar refractivity (Wildman–Crippen MR) is 79.5 cm³/mol. The fourth-order valence-electron chi connectivity index (χ4n) is 1.81. The Morgan fingerprint density at radius 1 is 1.19 bits per heavy atom. The number of aromatic nitrogens is 1. The lowest BCUT2D eigenvalue weighted by Gasteiger charge is -2.11. The van der Waals surface area contributed by atoms with Crippen molar-refractivity contribution in [2.24, 2.45) is 5.84 Å². The molecule has 0 bridgehead atoms. The molecule has 0 saturated heterocycles. The Balaban J connectivity index is 2.23. The van der Waals surface area contributed by atoms with E-state index in [9.17, 15) is 4.79 Å². The molecule has 1 aromatic carbocycles. The van der Waals surface area contributed by atoms with Crippen molar-refractivity contribution in [3.05, 3.63) is 42.2 Å². The van der Waals surface area contributed by atoms with Crippen molar-refractivity contribution >= 4 is 17.3 Å². The number of hydrazine groups is 1. The van der Waals surface area contributed by atoms with E-state index in [0.29, 0.717) is 28.4 Å². The van der Waals surface area contributed by atoms with Crippen LogP contribution < -0.4 is 26.1 Å². The SMILES string of the molecule is COc1ccc(NC(=O)c2cnccc2NN)cc1OC. The van der Waals surface area contributed by atoms with Gasteiger partial charge in [0.15, 0.2) is 11.5 Å². The van der Waals surface area contributed by atoms with Gasteiger partial charge in [0.25, 0.3) is 5.91 Å². The number of nitrogens with two attached hydrogens (primary N) is 1. The van der Waals surface area contributed by atoms with Crippen LogP contribution in [0.3, 0.4) is 0 Å². The largest absolute Gasteiger partial charge is 0.493 e. The quantitative estimate of drug-likeness (QED) is 0.571. The minimum absolute atomic E-state index is 0.330. The molecule has 2 aromatic rings. The van der Waals surface area contributed by atoms with E-state index in [1.165, 1.54) is 13.3 Å². The second-order valence-electron chi connectivity index (χ2n) is 4.09. The summed E-state index contributed by atoms with van der Waals surface area (Å²) < 4.78 is 10.3. The highest BCUT2D eigenvalue weighted by Gasteiger charge is 2.12. The van der Waals surface area contributed by atoms with Gasteiger partial charge >= 0.3 is 0 Å². The molecule has 0 fully saturated rings. The van der Waals surface area contributed by atoms with Crippen LogP contribution in [-0.2, 0) is 0 Å². The topological polar surface area (TPSA) is 98.5 Å². The molecule has 0 saturated carbocycles. The number of methoxy groups -OCH3 is 2. The molecule has 0 aliphatic carbocycles. The van der Waals surface area contributed by atoms with E-state index in [1.54, 1.807) is 37.6 Å². The van der Waals surface area contributed by atoms with Crippen molar-refractivity contribution in [2.75, 3.05) is 25.0 Å². The van der Waals surface area contributed by atoms with Crippen LogP contribution in [0.1, 0.15) is 10.4 Å². The summed E-state index contributed by atoms with van der Waals surface area (Å²) in [5, 5.41) is 2.75. The summed E-state index contributed by atoms with van der Waals surface area (Å²) in [6.45, 7) is 0. The number of nitrogen functional groups attached to an aromatic ring is 1. The first-order valence-corrected chi connectivity index (χ1v) is 6.13. The molecule has 1 aromatic heterocycles. The Morgan fingerprint density at radius 3 is 2.62 bits per heavy atom. The molecule has 21 heavy (non-hydrogen) atoms. The smallest absolute Gasteiger partial charge is 0.259 e. The Labute approximate surface area is 122 Å². The number of ether oxygens (including phenoxy) is 2. The molecule has 0 unspecified atom stereocenters. The highest BCUT2D eigenvalue weighted by atomic mass is 16.5. The first kappa shape index (κ1) is 14.6. The molecule has 0 atom stereocenters. The summed E-state index contributed by atoms with van der Waals surface area (Å²) in [6, 6.07) is 6.71. The van der Waals surface area contributed by atoms with Crippen LogP contribution in [0.4, 0.5) is 11.4 Å². The van der Waals surface area contributed by atoms with E-state index in [4.69, 9.17) is 15.3 Å². The number of nitrogens with one attached hydrogen (secondary N) is 2. The summed E-state index contributed by atoms with van der Waals surface area (Å²) in [4.78, 5) is 16.1. The minimum Gasteiger partial charge on any atom is -0.493 e. The summed E-state index contributed by atoms with van der Waals surface area (Å²) in [5.74, 6) is 6.15. The highest BCUT2D eigenvalue weighted by molar-refractivity contribution is 6.07. The van der Waals surface area contributed by atoms with Gasteiger partial charge in [0.05, 0.1) is 25.5 Å². The van der Waals surface area contributed by atoms with E-state index in [-0.39, 0.29) is 5.91 Å². The lowest BCUT2D eigenvalue weighted by atomic mass is 10.2. The maximum Gasteiger partial charge on any atom is 0.259 e. The van der Waals surface area contributed by atoms with Crippen molar-refractivity contribution in [1.82, 2.24) is 4.98 Å². The zero-order chi connectivity index (χ0) is 15.2. The maximum atomic E-state index is 12.2. The van der Waals surface area contributed by atoms with Gasteiger partial charge in [0.1, 0.15) is 0 Å². The molecule has 110 valence electrons. The van der Waals surface area contributed by atoms with Gasteiger partial charge in [-0.05, 0) is 18.2 Å². The number of amides is 1. The van der Waals surface area contributed by atoms with Crippen LogP contribution in [-0.4, -0.2) is 25.1 Å². The summed E-state index contributed by atoms with van der Waals surface area (Å²) in [6.07, 6.45) is 2.98. The molecule has 1 heterocycles. The molecule has 0 spiro atoms. The Kier molecular flexibility index (Phi) is 4.57. The summed E-state index contributed by atoms with van der Waals surface area (Å²) in [5.41, 5.74) is 3.86.